The second-order valence-corrected chi connectivity index (χ2v) is 6.43. The van der Waals surface area contributed by atoms with Gasteiger partial charge in [-0.25, -0.2) is 0 Å². The van der Waals surface area contributed by atoms with Gasteiger partial charge in [-0.15, -0.1) is 0 Å². The molecule has 0 aliphatic heterocycles. The predicted octanol–water partition coefficient (Wildman–Crippen LogP) is 3.34. The molecule has 1 heterocycles. The van der Waals surface area contributed by atoms with Crippen LogP contribution in [0.5, 0.6) is 0 Å². The fourth-order valence-corrected chi connectivity index (χ4v) is 2.74. The highest BCUT2D eigenvalue weighted by Gasteiger charge is 2.18. The predicted molar refractivity (Wildman–Crippen MR) is 98.4 cm³/mol. The third-order valence-corrected chi connectivity index (χ3v) is 4.40. The summed E-state index contributed by atoms with van der Waals surface area (Å²) in [7, 11) is 1.81. The van der Waals surface area contributed by atoms with Crippen LogP contribution in [-0.2, 0) is 13.6 Å². The van der Waals surface area contributed by atoms with Crippen LogP contribution >= 0.6 is 15.9 Å². The van der Waals surface area contributed by atoms with Crippen LogP contribution in [0.15, 0.2) is 65.3 Å². The number of benzene rings is 2. The molecule has 0 saturated carbocycles. The zero-order chi connectivity index (χ0) is 17.8. The maximum absolute atomic E-state index is 12.8. The summed E-state index contributed by atoms with van der Waals surface area (Å²) < 4.78 is 2.59. The zero-order valence-electron chi connectivity index (χ0n) is 13.6. The van der Waals surface area contributed by atoms with E-state index in [-0.39, 0.29) is 11.7 Å². The molecule has 1 N–H and O–H groups in total. The molecule has 2 aromatic carbocycles. The van der Waals surface area contributed by atoms with E-state index in [9.17, 15) is 9.59 Å². The van der Waals surface area contributed by atoms with E-state index in [2.05, 4.69) is 26.3 Å². The van der Waals surface area contributed by atoms with Crippen molar-refractivity contribution in [3.8, 4) is 0 Å². The smallest absolute Gasteiger partial charge is 0.252 e. The Labute approximate surface area is 153 Å². The normalized spacial score (nSPS) is 10.5. The largest absolute Gasteiger partial charge is 0.346 e. The van der Waals surface area contributed by atoms with E-state index in [1.165, 1.54) is 0 Å². The van der Waals surface area contributed by atoms with Gasteiger partial charge in [-0.3, -0.25) is 14.3 Å². The summed E-state index contributed by atoms with van der Waals surface area (Å²) in [4.78, 5) is 25.3. The molecular formula is C19H16BrN3O2. The Balaban J connectivity index is 1.82. The van der Waals surface area contributed by atoms with Crippen molar-refractivity contribution in [2.75, 3.05) is 0 Å². The number of halogens is 1. The van der Waals surface area contributed by atoms with Gasteiger partial charge in [0.05, 0.1) is 17.8 Å². The third-order valence-electron chi connectivity index (χ3n) is 3.88. The number of nitrogens with zero attached hydrogens (tertiary/aromatic N) is 2. The van der Waals surface area contributed by atoms with Gasteiger partial charge >= 0.3 is 0 Å². The van der Waals surface area contributed by atoms with Crippen molar-refractivity contribution in [2.24, 2.45) is 7.05 Å². The van der Waals surface area contributed by atoms with Gasteiger partial charge < -0.3 is 5.32 Å². The third kappa shape index (κ3) is 3.85. The van der Waals surface area contributed by atoms with Gasteiger partial charge in [-0.05, 0) is 36.4 Å². The molecule has 0 atom stereocenters. The molecule has 0 fully saturated rings. The number of carbonyl (C=O) groups excluding carboxylic acids is 2. The summed E-state index contributed by atoms with van der Waals surface area (Å²) in [6.45, 7) is 0.343. The minimum absolute atomic E-state index is 0.182. The molecule has 25 heavy (non-hydrogen) atoms. The van der Waals surface area contributed by atoms with E-state index in [1.54, 1.807) is 59.4 Å². The molecule has 0 aliphatic rings. The van der Waals surface area contributed by atoms with E-state index in [1.807, 2.05) is 13.1 Å². The number of aromatic nitrogens is 2. The van der Waals surface area contributed by atoms with E-state index in [0.717, 1.165) is 10.2 Å². The SMILES string of the molecule is Cn1nccc1CNC(=O)c1ccccc1C(=O)c1ccc(Br)cc1. The van der Waals surface area contributed by atoms with Crippen LogP contribution in [0.1, 0.15) is 32.0 Å². The number of ketones is 1. The first kappa shape index (κ1) is 17.1. The highest BCUT2D eigenvalue weighted by molar-refractivity contribution is 9.10. The minimum Gasteiger partial charge on any atom is -0.346 e. The van der Waals surface area contributed by atoms with Crippen LogP contribution in [0.3, 0.4) is 0 Å². The average Bonchev–Trinajstić information content (AvgIpc) is 3.04. The molecule has 0 bridgehead atoms. The maximum Gasteiger partial charge on any atom is 0.252 e. The Morgan fingerprint density at radius 2 is 1.72 bits per heavy atom. The fourth-order valence-electron chi connectivity index (χ4n) is 2.48. The first-order valence-electron chi connectivity index (χ1n) is 7.70. The molecule has 6 heteroatoms. The van der Waals surface area contributed by atoms with Crippen LogP contribution in [0.25, 0.3) is 0 Å². The van der Waals surface area contributed by atoms with Crippen molar-refractivity contribution in [1.82, 2.24) is 15.1 Å². The van der Waals surface area contributed by atoms with Crippen LogP contribution in [0, 0.1) is 0 Å². The Bertz CT molecular complexity index is 916. The van der Waals surface area contributed by atoms with E-state index < -0.39 is 0 Å². The lowest BCUT2D eigenvalue weighted by Gasteiger charge is -2.10. The molecule has 0 unspecified atom stereocenters. The van der Waals surface area contributed by atoms with Crippen molar-refractivity contribution in [1.29, 1.82) is 0 Å². The Kier molecular flexibility index (Phi) is 5.09. The molecule has 5 nitrogen and oxygen atoms in total. The summed E-state index contributed by atoms with van der Waals surface area (Å²) in [5.41, 5.74) is 2.16. The Morgan fingerprint density at radius 1 is 1.04 bits per heavy atom. The van der Waals surface area contributed by atoms with Gasteiger partial charge in [0.25, 0.3) is 5.91 Å². The van der Waals surface area contributed by atoms with E-state index in [0.29, 0.717) is 23.2 Å². The lowest BCUT2D eigenvalue weighted by atomic mass is 9.98. The lowest BCUT2D eigenvalue weighted by molar-refractivity contribution is 0.0939. The molecule has 126 valence electrons. The van der Waals surface area contributed by atoms with Crippen LogP contribution < -0.4 is 5.32 Å². The van der Waals surface area contributed by atoms with E-state index >= 15 is 0 Å². The summed E-state index contributed by atoms with van der Waals surface area (Å²) in [5.74, 6) is -0.471. The zero-order valence-corrected chi connectivity index (χ0v) is 15.2. The van der Waals surface area contributed by atoms with Gasteiger partial charge in [-0.1, -0.05) is 34.1 Å². The standard InChI is InChI=1S/C19H16BrN3O2/c1-23-15(10-11-22-23)12-21-19(25)17-5-3-2-4-16(17)18(24)13-6-8-14(20)9-7-13/h2-11H,12H2,1H3,(H,21,25). The van der Waals surface area contributed by atoms with E-state index in [4.69, 9.17) is 0 Å². The maximum atomic E-state index is 12.8. The molecule has 0 saturated heterocycles. The van der Waals surface area contributed by atoms with Crippen molar-refractivity contribution in [2.45, 2.75) is 6.54 Å². The van der Waals surface area contributed by atoms with Crippen LogP contribution in [-0.4, -0.2) is 21.5 Å². The van der Waals surface area contributed by atoms with Gasteiger partial charge in [0.2, 0.25) is 0 Å². The first-order valence-corrected chi connectivity index (χ1v) is 8.50. The van der Waals surface area contributed by atoms with Crippen molar-refractivity contribution in [3.63, 3.8) is 0 Å². The Hall–Kier alpha value is -2.73. The molecule has 0 spiro atoms. The lowest BCUT2D eigenvalue weighted by Crippen LogP contribution is -2.26. The highest BCUT2D eigenvalue weighted by atomic mass is 79.9. The van der Waals surface area contributed by atoms with Crippen molar-refractivity contribution in [3.05, 3.63) is 87.7 Å². The minimum atomic E-state index is -0.290. The second kappa shape index (κ2) is 7.44. The summed E-state index contributed by atoms with van der Waals surface area (Å²) in [6.07, 6.45) is 1.67. The van der Waals surface area contributed by atoms with Crippen LogP contribution in [0.4, 0.5) is 0 Å². The summed E-state index contributed by atoms with van der Waals surface area (Å²) in [5, 5.41) is 6.91. The fraction of sp³-hybridized carbons (Fsp3) is 0.105. The molecule has 0 aliphatic carbocycles. The highest BCUT2D eigenvalue weighted by Crippen LogP contribution is 2.17. The van der Waals surface area contributed by atoms with Gasteiger partial charge in [0.15, 0.2) is 5.78 Å². The molecule has 3 aromatic rings. The summed E-state index contributed by atoms with van der Waals surface area (Å²) in [6, 6.07) is 15.7. The number of amides is 1. The topological polar surface area (TPSA) is 64.0 Å². The number of hydrogen-bond acceptors (Lipinski definition) is 3. The number of carbonyl (C=O) groups is 2. The molecular weight excluding hydrogens is 382 g/mol. The molecule has 3 rings (SSSR count). The number of hydrogen-bond donors (Lipinski definition) is 1. The average molecular weight is 398 g/mol. The molecule has 1 aromatic heterocycles. The van der Waals surface area contributed by atoms with Crippen LogP contribution in [0.2, 0.25) is 0 Å². The number of rotatable bonds is 5. The van der Waals surface area contributed by atoms with Gasteiger partial charge in [0.1, 0.15) is 0 Å². The number of nitrogens with one attached hydrogen (secondary N) is 1. The quantitative estimate of drug-likeness (QED) is 0.671. The molecule has 0 radical (unpaired) electrons. The van der Waals surface area contributed by atoms with Gasteiger partial charge in [0, 0.05) is 28.8 Å². The molecule has 1 amide bonds. The van der Waals surface area contributed by atoms with Crippen molar-refractivity contribution < 1.29 is 9.59 Å². The number of aryl methyl sites for hydroxylation is 1. The Morgan fingerprint density at radius 3 is 2.36 bits per heavy atom. The first-order chi connectivity index (χ1) is 12.1. The van der Waals surface area contributed by atoms with Gasteiger partial charge in [-0.2, -0.15) is 5.10 Å². The van der Waals surface area contributed by atoms with Crippen molar-refractivity contribution >= 4 is 27.6 Å². The second-order valence-electron chi connectivity index (χ2n) is 5.51. The summed E-state index contributed by atoms with van der Waals surface area (Å²) >= 11 is 3.35. The monoisotopic (exact) mass is 397 g/mol.